The van der Waals surface area contributed by atoms with Crippen LogP contribution in [0.5, 0.6) is 0 Å². The Balaban J connectivity index is 5.42. The number of rotatable bonds is 50. The van der Waals surface area contributed by atoms with Crippen LogP contribution in [-0.4, -0.2) is 69.4 Å². The van der Waals surface area contributed by atoms with Gasteiger partial charge in [-0.25, -0.2) is 0 Å². The lowest BCUT2D eigenvalue weighted by atomic mass is 10.0. The molecule has 0 heterocycles. The average molecular weight is 987 g/mol. The minimum absolute atomic E-state index is 0.0316. The van der Waals surface area contributed by atoms with Gasteiger partial charge in [0.1, 0.15) is 19.3 Å². The van der Waals surface area contributed by atoms with Crippen LogP contribution in [-0.2, 0) is 27.9 Å². The number of hydrogen-bond acceptors (Lipinski definition) is 7. The molecule has 0 aliphatic rings. The lowest BCUT2D eigenvalue weighted by Gasteiger charge is -2.30. The number of phosphoric ester groups is 1. The van der Waals surface area contributed by atoms with E-state index in [9.17, 15) is 19.0 Å². The number of quaternary nitrogens is 1. The van der Waals surface area contributed by atoms with Crippen LogP contribution in [0.1, 0.15) is 239 Å². The third-order valence-corrected chi connectivity index (χ3v) is 13.1. The van der Waals surface area contributed by atoms with Crippen molar-refractivity contribution < 1.29 is 37.3 Å². The number of esters is 1. The Morgan fingerprint density at radius 1 is 0.507 bits per heavy atom. The number of phosphoric acid groups is 1. The number of carbonyl (C=O) groups excluding carboxylic acids is 2. The number of amides is 1. The van der Waals surface area contributed by atoms with E-state index < -0.39 is 26.6 Å². The summed E-state index contributed by atoms with van der Waals surface area (Å²) in [6, 6.07) is -0.906. The average Bonchev–Trinajstić information content (AvgIpc) is 3.31. The highest BCUT2D eigenvalue weighted by Crippen LogP contribution is 2.38. The lowest BCUT2D eigenvalue weighted by molar-refractivity contribution is -0.870. The van der Waals surface area contributed by atoms with Crippen molar-refractivity contribution in [1.29, 1.82) is 0 Å². The molecule has 400 valence electrons. The molecule has 3 unspecified atom stereocenters. The molecule has 3 atom stereocenters. The van der Waals surface area contributed by atoms with Gasteiger partial charge in [-0.3, -0.25) is 14.2 Å². The molecule has 0 bridgehead atoms. The van der Waals surface area contributed by atoms with E-state index in [1.54, 1.807) is 0 Å². The first kappa shape index (κ1) is 66.5. The minimum atomic E-state index is -4.70. The van der Waals surface area contributed by atoms with Gasteiger partial charge >= 0.3 is 5.97 Å². The Bertz CT molecular complexity index is 1420. The number of allylic oxidation sites excluding steroid dienone is 11. The number of carbonyl (C=O) groups is 2. The summed E-state index contributed by atoms with van der Waals surface area (Å²) in [5.41, 5.74) is 0. The summed E-state index contributed by atoms with van der Waals surface area (Å²) in [6.45, 7) is 6.73. The molecular formula is C59H107N2O7P. The van der Waals surface area contributed by atoms with Crippen molar-refractivity contribution in [2.24, 2.45) is 0 Å². The van der Waals surface area contributed by atoms with Gasteiger partial charge in [0.2, 0.25) is 5.91 Å². The maximum Gasteiger partial charge on any atom is 0.306 e. The monoisotopic (exact) mass is 987 g/mol. The molecule has 0 aliphatic carbocycles. The first-order valence-electron chi connectivity index (χ1n) is 28.2. The van der Waals surface area contributed by atoms with Gasteiger partial charge in [0.05, 0.1) is 33.8 Å². The van der Waals surface area contributed by atoms with E-state index in [2.05, 4.69) is 86.8 Å². The Morgan fingerprint density at radius 3 is 1.42 bits per heavy atom. The molecule has 0 saturated carbocycles. The SMILES string of the molecule is CCCC/C=C\CCCCCCCC(=O)NC(COP(=O)([O-])OCC[N+](C)(C)C)C(/C=C\CCCCCCCCCCCCC)OC(=O)CCCCC/C=C\C/C=C\C/C=C\C/C=C\CCCCC. The van der Waals surface area contributed by atoms with Gasteiger partial charge in [0.25, 0.3) is 7.82 Å². The molecule has 0 aliphatic heterocycles. The van der Waals surface area contributed by atoms with Crippen molar-refractivity contribution in [3.63, 3.8) is 0 Å². The number of nitrogens with one attached hydrogen (secondary N) is 1. The van der Waals surface area contributed by atoms with E-state index in [1.807, 2.05) is 33.3 Å². The molecule has 0 saturated heterocycles. The summed E-state index contributed by atoms with van der Waals surface area (Å²) >= 11 is 0. The van der Waals surface area contributed by atoms with Crippen molar-refractivity contribution in [3.8, 4) is 0 Å². The first-order chi connectivity index (χ1) is 33.4. The Kier molecular flexibility index (Phi) is 47.2. The molecule has 0 radical (unpaired) electrons. The predicted octanol–water partition coefficient (Wildman–Crippen LogP) is 16.3. The maximum atomic E-state index is 13.4. The van der Waals surface area contributed by atoms with E-state index in [0.717, 1.165) is 103 Å². The molecule has 1 amide bonds. The number of likely N-dealkylation sites (N-methyl/N-ethyl adjacent to an activating group) is 1. The zero-order valence-electron chi connectivity index (χ0n) is 45.5. The van der Waals surface area contributed by atoms with E-state index >= 15 is 0 Å². The molecule has 0 aromatic carbocycles. The summed E-state index contributed by atoms with van der Waals surface area (Å²) in [5.74, 6) is -0.591. The second kappa shape index (κ2) is 49.0. The molecule has 0 aromatic rings. The highest BCUT2D eigenvalue weighted by atomic mass is 31.2. The van der Waals surface area contributed by atoms with Gasteiger partial charge in [0.15, 0.2) is 0 Å². The molecule has 1 N–H and O–H groups in total. The van der Waals surface area contributed by atoms with E-state index in [1.165, 1.54) is 96.3 Å². The van der Waals surface area contributed by atoms with Crippen molar-refractivity contribution in [1.82, 2.24) is 5.32 Å². The van der Waals surface area contributed by atoms with Gasteiger partial charge in [0, 0.05) is 12.8 Å². The second-order valence-electron chi connectivity index (χ2n) is 20.1. The molecule has 0 rings (SSSR count). The fraction of sp³-hybridized carbons (Fsp3) is 0.763. The van der Waals surface area contributed by atoms with Crippen LogP contribution in [0.2, 0.25) is 0 Å². The number of ether oxygens (including phenoxy) is 1. The van der Waals surface area contributed by atoms with Gasteiger partial charge < -0.3 is 28.5 Å². The molecule has 9 nitrogen and oxygen atoms in total. The van der Waals surface area contributed by atoms with Crippen molar-refractivity contribution in [3.05, 3.63) is 72.9 Å². The van der Waals surface area contributed by atoms with Crippen LogP contribution in [0.25, 0.3) is 0 Å². The molecular weight excluding hydrogens is 880 g/mol. The van der Waals surface area contributed by atoms with Gasteiger partial charge in [-0.15, -0.1) is 0 Å². The Labute approximate surface area is 425 Å². The second-order valence-corrected chi connectivity index (χ2v) is 21.5. The van der Waals surface area contributed by atoms with Crippen LogP contribution in [0.4, 0.5) is 0 Å². The minimum Gasteiger partial charge on any atom is -0.756 e. The predicted molar refractivity (Wildman–Crippen MR) is 293 cm³/mol. The quantitative estimate of drug-likeness (QED) is 0.0212. The Hall–Kier alpha value is -2.55. The highest BCUT2D eigenvalue weighted by molar-refractivity contribution is 7.45. The van der Waals surface area contributed by atoms with Crippen LogP contribution >= 0.6 is 7.82 Å². The fourth-order valence-corrected chi connectivity index (χ4v) is 8.38. The topological polar surface area (TPSA) is 114 Å². The molecule has 0 aromatic heterocycles. The third kappa shape index (κ3) is 50.2. The number of hydrogen-bond donors (Lipinski definition) is 1. The molecule has 69 heavy (non-hydrogen) atoms. The van der Waals surface area contributed by atoms with Crippen LogP contribution in [0.3, 0.4) is 0 Å². The van der Waals surface area contributed by atoms with E-state index in [4.69, 9.17) is 13.8 Å². The van der Waals surface area contributed by atoms with Crippen molar-refractivity contribution >= 4 is 19.7 Å². The van der Waals surface area contributed by atoms with Gasteiger partial charge in [-0.05, 0) is 96.0 Å². The largest absolute Gasteiger partial charge is 0.756 e. The van der Waals surface area contributed by atoms with E-state index in [0.29, 0.717) is 23.9 Å². The summed E-state index contributed by atoms with van der Waals surface area (Å²) in [7, 11) is 1.15. The van der Waals surface area contributed by atoms with Gasteiger partial charge in [-0.1, -0.05) is 203 Å². The van der Waals surface area contributed by atoms with E-state index in [-0.39, 0.29) is 24.9 Å². The molecule has 0 fully saturated rings. The van der Waals surface area contributed by atoms with Crippen LogP contribution < -0.4 is 10.2 Å². The van der Waals surface area contributed by atoms with Crippen LogP contribution in [0.15, 0.2) is 72.9 Å². The lowest BCUT2D eigenvalue weighted by Crippen LogP contribution is -2.47. The van der Waals surface area contributed by atoms with Gasteiger partial charge in [-0.2, -0.15) is 0 Å². The normalized spacial score (nSPS) is 14.4. The summed E-state index contributed by atoms with van der Waals surface area (Å²) in [6.07, 6.45) is 61.5. The smallest absolute Gasteiger partial charge is 0.306 e. The summed E-state index contributed by atoms with van der Waals surface area (Å²) in [5, 5.41) is 3.00. The molecule has 0 spiro atoms. The first-order valence-corrected chi connectivity index (χ1v) is 29.7. The van der Waals surface area contributed by atoms with Crippen molar-refractivity contribution in [2.75, 3.05) is 40.9 Å². The standard InChI is InChI=1S/C59H107N2O7P/c1-7-10-13-16-19-22-25-27-28-29-30-31-32-34-37-40-43-46-49-52-59(63)68-57(50-47-44-41-38-36-33-26-23-20-17-14-11-8-2)56(55-67-69(64,65)66-54-53-61(4,5)6)60-58(62)51-48-45-42-39-35-24-21-18-15-12-9-3/h18-19,21-22,27-28,30-31,34,37,47,50,56-57H,7-17,20,23-26,29,32-33,35-36,38-46,48-49,51-55H2,1-6H3,(H-,60,62,64,65)/b21-18-,22-19-,28-27-,31-30-,37-34-,50-47-. The Morgan fingerprint density at radius 2 is 0.899 bits per heavy atom. The summed E-state index contributed by atoms with van der Waals surface area (Å²) < 4.78 is 30.2. The number of unbranched alkanes of at least 4 members (excludes halogenated alkanes) is 24. The summed E-state index contributed by atoms with van der Waals surface area (Å²) in [4.78, 5) is 39.8. The number of nitrogens with zero attached hydrogens (tertiary/aromatic N) is 1. The highest BCUT2D eigenvalue weighted by Gasteiger charge is 2.27. The molecule has 10 heteroatoms. The van der Waals surface area contributed by atoms with Crippen molar-refractivity contribution in [2.45, 2.75) is 251 Å². The fourth-order valence-electron chi connectivity index (χ4n) is 7.66. The zero-order valence-corrected chi connectivity index (χ0v) is 46.4. The van der Waals surface area contributed by atoms with Crippen LogP contribution in [0, 0.1) is 0 Å². The zero-order chi connectivity index (χ0) is 50.8. The third-order valence-electron chi connectivity index (χ3n) is 12.1. The maximum absolute atomic E-state index is 13.4.